The summed E-state index contributed by atoms with van der Waals surface area (Å²) < 4.78 is 7.50. The Kier molecular flexibility index (Phi) is 5.26. The molecule has 7 nitrogen and oxygen atoms in total. The molecule has 0 saturated heterocycles. The summed E-state index contributed by atoms with van der Waals surface area (Å²) in [7, 11) is 0. The van der Waals surface area contributed by atoms with Crippen molar-refractivity contribution in [1.29, 1.82) is 0 Å². The predicted octanol–water partition coefficient (Wildman–Crippen LogP) is 1.93. The molecule has 0 bridgehead atoms. The van der Waals surface area contributed by atoms with Gasteiger partial charge in [-0.3, -0.25) is 4.79 Å². The van der Waals surface area contributed by atoms with Crippen LogP contribution < -0.4 is 10.5 Å². The highest BCUT2D eigenvalue weighted by Crippen LogP contribution is 2.17. The molecule has 0 aliphatic heterocycles. The van der Waals surface area contributed by atoms with E-state index in [-0.39, 0.29) is 6.42 Å². The topological polar surface area (TPSA) is 95.9 Å². The van der Waals surface area contributed by atoms with Crippen LogP contribution in [0.25, 0.3) is 5.82 Å². The first-order valence-corrected chi connectivity index (χ1v) is 8.38. The Balaban J connectivity index is 1.81. The lowest BCUT2D eigenvalue weighted by molar-refractivity contribution is -0.117. The molecule has 0 spiro atoms. The van der Waals surface area contributed by atoms with E-state index < -0.39 is 5.91 Å². The minimum absolute atomic E-state index is 0.00946. The standard InChI is InChI=1S/C19H21N5O2/c1-13-6-3-4-8-15(13)26-11-10-19-22-17(12-16(20)25)23-24(19)18-9-5-7-14(2)21-18/h3-9H,10-12H2,1-2H3,(H2,20,25). The number of hydrogen-bond donors (Lipinski definition) is 1. The van der Waals surface area contributed by atoms with Crippen LogP contribution in [0.2, 0.25) is 0 Å². The van der Waals surface area contributed by atoms with Crippen LogP contribution in [0.5, 0.6) is 5.75 Å². The Bertz CT molecular complexity index is 920. The summed E-state index contributed by atoms with van der Waals surface area (Å²) in [5, 5.41) is 4.39. The Labute approximate surface area is 151 Å². The lowest BCUT2D eigenvalue weighted by Crippen LogP contribution is -2.14. The Hall–Kier alpha value is -3.22. The van der Waals surface area contributed by atoms with Crippen molar-refractivity contribution in [2.45, 2.75) is 26.7 Å². The second kappa shape index (κ2) is 7.77. The van der Waals surface area contributed by atoms with E-state index in [1.54, 1.807) is 4.68 Å². The van der Waals surface area contributed by atoms with Gasteiger partial charge in [-0.1, -0.05) is 24.3 Å². The van der Waals surface area contributed by atoms with Gasteiger partial charge in [-0.25, -0.2) is 9.97 Å². The van der Waals surface area contributed by atoms with E-state index in [0.717, 1.165) is 17.0 Å². The third kappa shape index (κ3) is 4.24. The van der Waals surface area contributed by atoms with Gasteiger partial charge in [0.15, 0.2) is 11.6 Å². The number of benzene rings is 1. The Morgan fingerprint density at radius 2 is 1.92 bits per heavy atom. The highest BCUT2D eigenvalue weighted by atomic mass is 16.5. The van der Waals surface area contributed by atoms with Crippen molar-refractivity contribution in [3.8, 4) is 11.6 Å². The number of amides is 1. The summed E-state index contributed by atoms with van der Waals surface area (Å²) in [6.07, 6.45) is 0.514. The van der Waals surface area contributed by atoms with Crippen LogP contribution in [-0.4, -0.2) is 32.3 Å². The van der Waals surface area contributed by atoms with Gasteiger partial charge >= 0.3 is 0 Å². The van der Waals surface area contributed by atoms with Crippen LogP contribution in [0.1, 0.15) is 22.9 Å². The number of pyridine rings is 1. The zero-order chi connectivity index (χ0) is 18.5. The number of para-hydroxylation sites is 1. The summed E-state index contributed by atoms with van der Waals surface area (Å²) in [6, 6.07) is 13.5. The number of hydrogen-bond acceptors (Lipinski definition) is 5. The van der Waals surface area contributed by atoms with Crippen LogP contribution in [-0.2, 0) is 17.6 Å². The maximum atomic E-state index is 11.2. The van der Waals surface area contributed by atoms with Crippen molar-refractivity contribution in [3.05, 3.63) is 65.4 Å². The van der Waals surface area contributed by atoms with E-state index in [4.69, 9.17) is 10.5 Å². The van der Waals surface area contributed by atoms with Crippen LogP contribution in [0, 0.1) is 13.8 Å². The molecule has 0 atom stereocenters. The van der Waals surface area contributed by atoms with Crippen molar-refractivity contribution >= 4 is 5.91 Å². The van der Waals surface area contributed by atoms with Gasteiger partial charge in [0.2, 0.25) is 5.91 Å². The molecule has 134 valence electrons. The second-order valence-corrected chi connectivity index (χ2v) is 6.00. The van der Waals surface area contributed by atoms with Crippen LogP contribution in [0.15, 0.2) is 42.5 Å². The lowest BCUT2D eigenvalue weighted by Gasteiger charge is -2.09. The van der Waals surface area contributed by atoms with Gasteiger partial charge in [0, 0.05) is 12.1 Å². The average Bonchev–Trinajstić information content (AvgIpc) is 2.98. The van der Waals surface area contributed by atoms with Crippen molar-refractivity contribution in [3.63, 3.8) is 0 Å². The molecule has 1 aromatic carbocycles. The highest BCUT2D eigenvalue weighted by molar-refractivity contribution is 5.75. The van der Waals surface area contributed by atoms with E-state index >= 15 is 0 Å². The third-order valence-electron chi connectivity index (χ3n) is 3.82. The van der Waals surface area contributed by atoms with E-state index in [0.29, 0.717) is 30.5 Å². The van der Waals surface area contributed by atoms with Gasteiger partial charge in [-0.05, 0) is 37.6 Å². The van der Waals surface area contributed by atoms with Crippen LogP contribution in [0.3, 0.4) is 0 Å². The second-order valence-electron chi connectivity index (χ2n) is 6.00. The lowest BCUT2D eigenvalue weighted by atomic mass is 10.2. The highest BCUT2D eigenvalue weighted by Gasteiger charge is 2.14. The number of ether oxygens (including phenoxy) is 1. The number of aromatic nitrogens is 4. The number of rotatable bonds is 7. The number of nitrogens with zero attached hydrogens (tertiary/aromatic N) is 4. The molecule has 2 heterocycles. The van der Waals surface area contributed by atoms with Crippen molar-refractivity contribution < 1.29 is 9.53 Å². The summed E-state index contributed by atoms with van der Waals surface area (Å²) in [5.74, 6) is 2.07. The quantitative estimate of drug-likeness (QED) is 0.702. The van der Waals surface area contributed by atoms with Gasteiger partial charge in [-0.15, -0.1) is 5.10 Å². The van der Waals surface area contributed by atoms with Crippen LogP contribution in [0.4, 0.5) is 0 Å². The number of aryl methyl sites for hydroxylation is 2. The zero-order valence-electron chi connectivity index (χ0n) is 14.8. The predicted molar refractivity (Wildman–Crippen MR) is 97.2 cm³/mol. The van der Waals surface area contributed by atoms with Gasteiger partial charge in [0.05, 0.1) is 13.0 Å². The SMILES string of the molecule is Cc1cccc(-n2nc(CC(N)=O)nc2CCOc2ccccc2C)n1. The summed E-state index contributed by atoms with van der Waals surface area (Å²) in [5.41, 5.74) is 7.22. The van der Waals surface area contributed by atoms with Gasteiger partial charge < -0.3 is 10.5 Å². The molecular weight excluding hydrogens is 330 g/mol. The van der Waals surface area contributed by atoms with E-state index in [9.17, 15) is 4.79 Å². The van der Waals surface area contributed by atoms with Crippen molar-refractivity contribution in [1.82, 2.24) is 19.7 Å². The molecule has 1 amide bonds. The minimum atomic E-state index is -0.470. The Morgan fingerprint density at radius 1 is 1.12 bits per heavy atom. The van der Waals surface area contributed by atoms with Crippen LogP contribution >= 0.6 is 0 Å². The molecule has 3 rings (SSSR count). The van der Waals surface area contributed by atoms with Crippen molar-refractivity contribution in [2.24, 2.45) is 5.73 Å². The van der Waals surface area contributed by atoms with Gasteiger partial charge in [-0.2, -0.15) is 4.68 Å². The molecule has 2 N–H and O–H groups in total. The number of primary amides is 1. The minimum Gasteiger partial charge on any atom is -0.493 e. The fourth-order valence-electron chi connectivity index (χ4n) is 2.59. The fraction of sp³-hybridized carbons (Fsp3) is 0.263. The number of nitrogens with two attached hydrogens (primary N) is 1. The monoisotopic (exact) mass is 351 g/mol. The molecule has 3 aromatic rings. The maximum absolute atomic E-state index is 11.2. The molecule has 0 radical (unpaired) electrons. The molecule has 2 aromatic heterocycles. The van der Waals surface area contributed by atoms with Crippen molar-refractivity contribution in [2.75, 3.05) is 6.61 Å². The molecule has 0 aliphatic carbocycles. The number of carbonyl (C=O) groups excluding carboxylic acids is 1. The van der Waals surface area contributed by atoms with E-state index in [1.807, 2.05) is 56.3 Å². The average molecular weight is 351 g/mol. The first-order chi connectivity index (χ1) is 12.5. The molecule has 0 fully saturated rings. The molecule has 0 unspecified atom stereocenters. The third-order valence-corrected chi connectivity index (χ3v) is 3.82. The summed E-state index contributed by atoms with van der Waals surface area (Å²) in [6.45, 7) is 4.34. The van der Waals surface area contributed by atoms with Gasteiger partial charge in [0.25, 0.3) is 0 Å². The van der Waals surface area contributed by atoms with Gasteiger partial charge in [0.1, 0.15) is 11.6 Å². The summed E-state index contributed by atoms with van der Waals surface area (Å²) >= 11 is 0. The summed E-state index contributed by atoms with van der Waals surface area (Å²) in [4.78, 5) is 20.1. The van der Waals surface area contributed by atoms with E-state index in [2.05, 4.69) is 15.1 Å². The molecule has 0 aliphatic rings. The molecule has 0 saturated carbocycles. The fourth-order valence-corrected chi connectivity index (χ4v) is 2.59. The largest absolute Gasteiger partial charge is 0.493 e. The first kappa shape index (κ1) is 17.6. The molecule has 7 heteroatoms. The molecular formula is C19H21N5O2. The van der Waals surface area contributed by atoms with E-state index in [1.165, 1.54) is 0 Å². The number of carbonyl (C=O) groups is 1. The smallest absolute Gasteiger partial charge is 0.225 e. The maximum Gasteiger partial charge on any atom is 0.225 e. The Morgan fingerprint density at radius 3 is 2.65 bits per heavy atom. The first-order valence-electron chi connectivity index (χ1n) is 8.38. The normalized spacial score (nSPS) is 10.7. The molecule has 26 heavy (non-hydrogen) atoms. The zero-order valence-corrected chi connectivity index (χ0v) is 14.8.